The van der Waals surface area contributed by atoms with Gasteiger partial charge in [0.15, 0.2) is 7.31 Å². The minimum Gasteiger partial charge on any atom is -0.366 e. The Labute approximate surface area is 82.7 Å². The van der Waals surface area contributed by atoms with Gasteiger partial charge in [-0.15, -0.1) is 0 Å². The van der Waals surface area contributed by atoms with E-state index in [0.29, 0.717) is 0 Å². The van der Waals surface area contributed by atoms with Crippen molar-refractivity contribution < 1.29 is 4.79 Å². The lowest BCUT2D eigenvalue weighted by Crippen LogP contribution is -2.32. The van der Waals surface area contributed by atoms with Gasteiger partial charge in [0.1, 0.15) is 5.78 Å². The molecule has 0 aromatic carbocycles. The number of carbonyl (C=O) groups is 1. The fraction of sp³-hybridized carbons (Fsp3) is 0.875. The van der Waals surface area contributed by atoms with Crippen LogP contribution in [0.15, 0.2) is 0 Å². The number of ketones is 1. The molecule has 0 rings (SSSR count). The molecular formula is C8H20B2N2O. The fourth-order valence-electron chi connectivity index (χ4n) is 1.33. The summed E-state index contributed by atoms with van der Waals surface area (Å²) in [4.78, 5) is 11.0. The molecule has 5 heteroatoms. The van der Waals surface area contributed by atoms with Crippen LogP contribution in [0.25, 0.3) is 0 Å². The summed E-state index contributed by atoms with van der Waals surface area (Å²) in [5.74, 6) is 0.242. The summed E-state index contributed by atoms with van der Waals surface area (Å²) < 4.78 is 0. The molecule has 0 aliphatic carbocycles. The van der Waals surface area contributed by atoms with Crippen LogP contribution in [0.1, 0.15) is 26.2 Å². The molecule has 1 atom stereocenters. The van der Waals surface area contributed by atoms with Crippen LogP contribution in [0.3, 0.4) is 0 Å². The van der Waals surface area contributed by atoms with E-state index < -0.39 is 0 Å². The molecule has 0 spiro atoms. The molecule has 0 aromatic rings. The molecule has 74 valence electrons. The Balaban J connectivity index is 3.33. The topological polar surface area (TPSA) is 41.1 Å². The highest BCUT2D eigenvalue weighted by atomic mass is 16.1. The van der Waals surface area contributed by atoms with E-state index in [1.807, 2.05) is 7.05 Å². The van der Waals surface area contributed by atoms with Gasteiger partial charge in [0.25, 0.3) is 0 Å². The van der Waals surface area contributed by atoms with Crippen LogP contribution < -0.4 is 10.5 Å². The number of hydrogen-bond donors (Lipinski definition) is 2. The Kier molecular flexibility index (Phi) is 8.14. The summed E-state index contributed by atoms with van der Waals surface area (Å²) in [6.45, 7) is 2.70. The molecule has 0 fully saturated rings. The molecule has 0 aliphatic rings. The third kappa shape index (κ3) is 6.84. The van der Waals surface area contributed by atoms with Crippen molar-refractivity contribution in [1.82, 2.24) is 10.5 Å². The SMILES string of the molecule is BBNCCCCC(NC)C(C)=O. The largest absolute Gasteiger partial charge is 0.366 e. The lowest BCUT2D eigenvalue weighted by molar-refractivity contribution is -0.119. The van der Waals surface area contributed by atoms with Crippen molar-refractivity contribution in [1.29, 1.82) is 0 Å². The average molecular weight is 182 g/mol. The first-order chi connectivity index (χ1) is 6.22. The Morgan fingerprint density at radius 2 is 2.23 bits per heavy atom. The zero-order chi connectivity index (χ0) is 10.1. The van der Waals surface area contributed by atoms with E-state index in [1.54, 1.807) is 6.92 Å². The van der Waals surface area contributed by atoms with Gasteiger partial charge in [0.2, 0.25) is 0 Å². The van der Waals surface area contributed by atoms with Crippen molar-refractivity contribution in [2.45, 2.75) is 32.2 Å². The number of nitrogens with one attached hydrogen (secondary N) is 2. The van der Waals surface area contributed by atoms with Gasteiger partial charge in [0, 0.05) is 0 Å². The van der Waals surface area contributed by atoms with Crippen LogP contribution in [0.5, 0.6) is 0 Å². The summed E-state index contributed by atoms with van der Waals surface area (Å²) in [6, 6.07) is 0.0571. The van der Waals surface area contributed by atoms with Crippen molar-refractivity contribution in [2.75, 3.05) is 13.6 Å². The summed E-state index contributed by atoms with van der Waals surface area (Å²) in [5, 5.41) is 6.29. The van der Waals surface area contributed by atoms with Crippen molar-refractivity contribution in [3.05, 3.63) is 0 Å². The second-order valence-corrected chi connectivity index (χ2v) is 3.30. The molecular weight excluding hydrogens is 162 g/mol. The Hall–Kier alpha value is -0.280. The molecule has 0 saturated carbocycles. The van der Waals surface area contributed by atoms with Gasteiger partial charge in [0.05, 0.1) is 13.8 Å². The van der Waals surface area contributed by atoms with Crippen LogP contribution in [0.2, 0.25) is 0 Å². The lowest BCUT2D eigenvalue weighted by atomic mass is 9.67. The summed E-state index contributed by atoms with van der Waals surface area (Å²) in [6.07, 6.45) is 3.22. The fourth-order valence-corrected chi connectivity index (χ4v) is 1.33. The third-order valence-electron chi connectivity index (χ3n) is 2.19. The molecule has 0 saturated heterocycles. The molecule has 0 heterocycles. The average Bonchev–Trinajstić information content (AvgIpc) is 2.10. The molecule has 0 bridgehead atoms. The minimum atomic E-state index is 0.0571. The van der Waals surface area contributed by atoms with Gasteiger partial charge in [-0.2, -0.15) is 0 Å². The second kappa shape index (κ2) is 8.32. The molecule has 3 nitrogen and oxygen atoms in total. The molecule has 13 heavy (non-hydrogen) atoms. The first kappa shape index (κ1) is 12.7. The van der Waals surface area contributed by atoms with E-state index in [-0.39, 0.29) is 11.8 Å². The van der Waals surface area contributed by atoms with Gasteiger partial charge in [-0.1, -0.05) is 6.42 Å². The maximum absolute atomic E-state index is 11.0. The highest BCUT2D eigenvalue weighted by Gasteiger charge is 2.09. The molecule has 0 aromatic heterocycles. The molecule has 0 radical (unpaired) electrons. The highest BCUT2D eigenvalue weighted by Crippen LogP contribution is 2.00. The monoisotopic (exact) mass is 182 g/mol. The van der Waals surface area contributed by atoms with Crippen LogP contribution in [-0.2, 0) is 4.79 Å². The van der Waals surface area contributed by atoms with Crippen LogP contribution in [0.4, 0.5) is 0 Å². The van der Waals surface area contributed by atoms with E-state index in [1.165, 1.54) is 0 Å². The van der Waals surface area contributed by atoms with Crippen molar-refractivity contribution in [3.63, 3.8) is 0 Å². The van der Waals surface area contributed by atoms with E-state index in [0.717, 1.165) is 33.1 Å². The zero-order valence-corrected chi connectivity index (χ0v) is 9.02. The van der Waals surface area contributed by atoms with Crippen LogP contribution in [0, 0.1) is 0 Å². The Morgan fingerprint density at radius 1 is 1.54 bits per heavy atom. The van der Waals surface area contributed by atoms with Gasteiger partial charge in [-0.05, 0) is 33.4 Å². The number of unbranched alkanes of at least 4 members (excludes halogenated alkanes) is 1. The van der Waals surface area contributed by atoms with Crippen LogP contribution >= 0.6 is 0 Å². The molecule has 0 aliphatic heterocycles. The van der Waals surface area contributed by atoms with Gasteiger partial charge in [-0.25, -0.2) is 0 Å². The molecule has 1 unspecified atom stereocenters. The second-order valence-electron chi connectivity index (χ2n) is 3.30. The predicted octanol–water partition coefficient (Wildman–Crippen LogP) is -1.18. The van der Waals surface area contributed by atoms with Crippen molar-refractivity contribution in [3.8, 4) is 0 Å². The Morgan fingerprint density at radius 3 is 2.69 bits per heavy atom. The number of Topliss-reactive ketones (excluding diaryl/α,β-unsaturated/α-hetero) is 1. The first-order valence-electron chi connectivity index (χ1n) is 5.10. The highest BCUT2D eigenvalue weighted by molar-refractivity contribution is 6.87. The standard InChI is InChI=1S/C8H20B2N2O/c1-7(13)8(11-2)5-3-4-6-12-10-9/h8,10-12H,3-6,9H2,1-2H3. The maximum atomic E-state index is 11.0. The van der Waals surface area contributed by atoms with E-state index in [2.05, 4.69) is 18.3 Å². The Bertz CT molecular complexity index is 144. The number of likely N-dealkylation sites (N-methyl/N-ethyl adjacent to an activating group) is 1. The first-order valence-corrected chi connectivity index (χ1v) is 5.10. The quantitative estimate of drug-likeness (QED) is 0.366. The summed E-state index contributed by atoms with van der Waals surface area (Å²) in [5.41, 5.74) is 0. The zero-order valence-electron chi connectivity index (χ0n) is 9.02. The minimum absolute atomic E-state index is 0.0571. The van der Waals surface area contributed by atoms with Crippen molar-refractivity contribution in [2.24, 2.45) is 0 Å². The number of rotatable bonds is 8. The van der Waals surface area contributed by atoms with Crippen molar-refractivity contribution >= 4 is 20.8 Å². The van der Waals surface area contributed by atoms with Gasteiger partial charge >= 0.3 is 0 Å². The van der Waals surface area contributed by atoms with Gasteiger partial charge < -0.3 is 10.5 Å². The van der Waals surface area contributed by atoms with Crippen LogP contribution in [-0.4, -0.2) is 40.5 Å². The normalized spacial score (nSPS) is 12.5. The smallest absolute Gasteiger partial charge is 0.157 e. The van der Waals surface area contributed by atoms with E-state index in [9.17, 15) is 4.79 Å². The number of hydrogen-bond acceptors (Lipinski definition) is 3. The van der Waals surface area contributed by atoms with E-state index in [4.69, 9.17) is 0 Å². The van der Waals surface area contributed by atoms with E-state index >= 15 is 0 Å². The maximum Gasteiger partial charge on any atom is 0.157 e. The summed E-state index contributed by atoms with van der Waals surface area (Å²) >= 11 is 0. The third-order valence-corrected chi connectivity index (χ3v) is 2.19. The molecule has 0 amide bonds. The molecule has 2 N–H and O–H groups in total. The summed E-state index contributed by atoms with van der Waals surface area (Å²) in [7, 11) is 4.98. The predicted molar refractivity (Wildman–Crippen MR) is 61.1 cm³/mol. The van der Waals surface area contributed by atoms with Gasteiger partial charge in [-0.3, -0.25) is 4.79 Å². The number of carbonyl (C=O) groups excluding carboxylic acids is 1. The lowest BCUT2D eigenvalue weighted by Gasteiger charge is -2.11.